The number of carbonyl (C=O) groups is 1. The normalized spacial score (nSPS) is 20.8. The van der Waals surface area contributed by atoms with Crippen molar-refractivity contribution in [3.05, 3.63) is 63.1 Å². The first-order valence-corrected chi connectivity index (χ1v) is 7.14. The molecule has 0 unspecified atom stereocenters. The molecule has 1 aromatic heterocycles. The summed E-state index contributed by atoms with van der Waals surface area (Å²) in [4.78, 5) is 24.6. The fraction of sp³-hybridized carbons (Fsp3) is 0.250. The SMILES string of the molecule is O=C1CCCC2=C1[C@H](c1ccccc1)c1c([nH][nH]c1=O)N2. The van der Waals surface area contributed by atoms with E-state index in [1.807, 2.05) is 30.3 Å². The first kappa shape index (κ1) is 12.2. The Morgan fingerprint density at radius 3 is 2.62 bits per heavy atom. The molecule has 0 bridgehead atoms. The lowest BCUT2D eigenvalue weighted by Gasteiger charge is -2.31. The van der Waals surface area contributed by atoms with Crippen molar-refractivity contribution in [3.8, 4) is 0 Å². The van der Waals surface area contributed by atoms with E-state index in [4.69, 9.17) is 0 Å². The Bertz CT molecular complexity index is 798. The molecule has 0 spiro atoms. The molecule has 2 heterocycles. The number of carbonyl (C=O) groups excluding carboxylic acids is 1. The number of hydrogen-bond donors (Lipinski definition) is 3. The molecule has 1 aliphatic carbocycles. The highest BCUT2D eigenvalue weighted by Gasteiger charge is 2.37. The second kappa shape index (κ2) is 4.48. The van der Waals surface area contributed by atoms with Crippen LogP contribution in [0.3, 0.4) is 0 Å². The number of nitrogens with one attached hydrogen (secondary N) is 3. The van der Waals surface area contributed by atoms with Gasteiger partial charge in [0.2, 0.25) is 0 Å². The number of aromatic amines is 2. The van der Waals surface area contributed by atoms with E-state index in [-0.39, 0.29) is 17.3 Å². The number of anilines is 1. The lowest BCUT2D eigenvalue weighted by Crippen LogP contribution is -2.29. The van der Waals surface area contributed by atoms with Crippen LogP contribution in [0.5, 0.6) is 0 Å². The number of ketones is 1. The zero-order valence-electron chi connectivity index (χ0n) is 11.4. The predicted octanol–water partition coefficient (Wildman–Crippen LogP) is 2.27. The summed E-state index contributed by atoms with van der Waals surface area (Å²) in [5, 5.41) is 8.72. The molecular formula is C16H15N3O2. The third-order valence-corrected chi connectivity index (χ3v) is 4.26. The lowest BCUT2D eigenvalue weighted by atomic mass is 9.77. The summed E-state index contributed by atoms with van der Waals surface area (Å²) in [5.41, 5.74) is 3.12. The molecule has 1 atom stereocenters. The maximum Gasteiger partial charge on any atom is 0.270 e. The van der Waals surface area contributed by atoms with Gasteiger partial charge in [0.25, 0.3) is 5.56 Å². The Labute approximate surface area is 121 Å². The summed E-state index contributed by atoms with van der Waals surface area (Å²) in [7, 11) is 0. The monoisotopic (exact) mass is 281 g/mol. The number of H-pyrrole nitrogens is 2. The number of rotatable bonds is 1. The summed E-state index contributed by atoms with van der Waals surface area (Å²) in [6.45, 7) is 0. The molecule has 0 amide bonds. The zero-order valence-corrected chi connectivity index (χ0v) is 11.4. The van der Waals surface area contributed by atoms with Gasteiger partial charge < -0.3 is 5.32 Å². The Balaban J connectivity index is 1.98. The molecule has 1 aliphatic heterocycles. The van der Waals surface area contributed by atoms with Crippen molar-refractivity contribution in [2.75, 3.05) is 5.32 Å². The fourth-order valence-corrected chi connectivity index (χ4v) is 3.34. The Hall–Kier alpha value is -2.56. The number of allylic oxidation sites excluding steroid dienone is 2. The molecule has 0 fully saturated rings. The summed E-state index contributed by atoms with van der Waals surface area (Å²) in [5.74, 6) is 0.548. The van der Waals surface area contributed by atoms with Crippen LogP contribution in [-0.2, 0) is 4.79 Å². The van der Waals surface area contributed by atoms with Gasteiger partial charge in [0.15, 0.2) is 5.78 Å². The number of fused-ring (bicyclic) bond motifs is 1. The minimum atomic E-state index is -0.278. The molecule has 0 saturated carbocycles. The maximum atomic E-state index is 12.4. The highest BCUT2D eigenvalue weighted by molar-refractivity contribution is 6.00. The van der Waals surface area contributed by atoms with Crippen molar-refractivity contribution in [3.63, 3.8) is 0 Å². The van der Waals surface area contributed by atoms with Gasteiger partial charge in [-0.15, -0.1) is 0 Å². The number of Topliss-reactive ketones (excluding diaryl/α,β-unsaturated/α-hetero) is 1. The molecule has 4 rings (SSSR count). The third-order valence-electron chi connectivity index (χ3n) is 4.26. The van der Waals surface area contributed by atoms with E-state index in [0.29, 0.717) is 17.8 Å². The molecule has 1 aromatic carbocycles. The van der Waals surface area contributed by atoms with Gasteiger partial charge in [-0.25, -0.2) is 0 Å². The van der Waals surface area contributed by atoms with Crippen LogP contribution in [0, 0.1) is 0 Å². The molecule has 106 valence electrons. The van der Waals surface area contributed by atoms with Gasteiger partial charge >= 0.3 is 0 Å². The first-order valence-electron chi connectivity index (χ1n) is 7.14. The van der Waals surface area contributed by atoms with Crippen LogP contribution in [-0.4, -0.2) is 16.0 Å². The van der Waals surface area contributed by atoms with E-state index in [1.165, 1.54) is 0 Å². The Morgan fingerprint density at radius 2 is 1.81 bits per heavy atom. The Kier molecular flexibility index (Phi) is 2.60. The van der Waals surface area contributed by atoms with Gasteiger partial charge in [-0.05, 0) is 18.4 Å². The van der Waals surface area contributed by atoms with Crippen LogP contribution < -0.4 is 10.9 Å². The van der Waals surface area contributed by atoms with Gasteiger partial charge in [-0.1, -0.05) is 30.3 Å². The highest BCUT2D eigenvalue weighted by Crippen LogP contribution is 2.42. The largest absolute Gasteiger partial charge is 0.343 e. The van der Waals surface area contributed by atoms with Gasteiger partial charge in [0.05, 0.1) is 5.56 Å². The van der Waals surface area contributed by atoms with Gasteiger partial charge in [-0.3, -0.25) is 19.8 Å². The average molecular weight is 281 g/mol. The van der Waals surface area contributed by atoms with Crippen molar-refractivity contribution in [2.45, 2.75) is 25.2 Å². The van der Waals surface area contributed by atoms with E-state index in [0.717, 1.165) is 29.7 Å². The van der Waals surface area contributed by atoms with Crippen molar-refractivity contribution in [1.29, 1.82) is 0 Å². The lowest BCUT2D eigenvalue weighted by molar-refractivity contribution is -0.116. The fourth-order valence-electron chi connectivity index (χ4n) is 3.34. The van der Waals surface area contributed by atoms with E-state index >= 15 is 0 Å². The van der Waals surface area contributed by atoms with Crippen molar-refractivity contribution in [1.82, 2.24) is 10.2 Å². The second-order valence-electron chi connectivity index (χ2n) is 5.51. The van der Waals surface area contributed by atoms with E-state index < -0.39 is 0 Å². The topological polar surface area (TPSA) is 77.8 Å². The molecule has 0 saturated heterocycles. The van der Waals surface area contributed by atoms with Crippen LogP contribution in [0.25, 0.3) is 0 Å². The molecule has 21 heavy (non-hydrogen) atoms. The minimum Gasteiger partial charge on any atom is -0.343 e. The maximum absolute atomic E-state index is 12.4. The quantitative estimate of drug-likeness (QED) is 0.750. The van der Waals surface area contributed by atoms with E-state index in [2.05, 4.69) is 15.5 Å². The van der Waals surface area contributed by atoms with Crippen LogP contribution >= 0.6 is 0 Å². The standard InChI is InChI=1S/C16H15N3O2/c20-11-8-4-7-10-13(11)12(9-5-2-1-3-6-9)14-15(17-10)18-19-16(14)21/h1-3,5-6,12H,4,7-8H2,(H3,17,18,19,21)/t12-/m0/s1. The molecule has 3 N–H and O–H groups in total. The van der Waals surface area contributed by atoms with Gasteiger partial charge in [0.1, 0.15) is 5.82 Å². The summed E-state index contributed by atoms with van der Waals surface area (Å²) in [6.07, 6.45) is 2.26. The smallest absolute Gasteiger partial charge is 0.270 e. The van der Waals surface area contributed by atoms with Crippen molar-refractivity contribution >= 4 is 11.6 Å². The number of aromatic nitrogens is 2. The summed E-state index contributed by atoms with van der Waals surface area (Å²) < 4.78 is 0. The zero-order chi connectivity index (χ0) is 14.4. The van der Waals surface area contributed by atoms with E-state index in [1.54, 1.807) is 0 Å². The van der Waals surface area contributed by atoms with Crippen LogP contribution in [0.2, 0.25) is 0 Å². The number of benzene rings is 1. The van der Waals surface area contributed by atoms with Crippen LogP contribution in [0.15, 0.2) is 46.4 Å². The summed E-state index contributed by atoms with van der Waals surface area (Å²) >= 11 is 0. The predicted molar refractivity (Wildman–Crippen MR) is 79.2 cm³/mol. The van der Waals surface area contributed by atoms with Crippen molar-refractivity contribution in [2.24, 2.45) is 0 Å². The molecule has 2 aromatic rings. The molecule has 2 aliphatic rings. The minimum absolute atomic E-state index is 0.142. The van der Waals surface area contributed by atoms with Crippen molar-refractivity contribution < 1.29 is 4.79 Å². The third kappa shape index (κ3) is 1.77. The van der Waals surface area contributed by atoms with Gasteiger partial charge in [0, 0.05) is 23.6 Å². The second-order valence-corrected chi connectivity index (χ2v) is 5.51. The molecule has 5 heteroatoms. The molecular weight excluding hydrogens is 266 g/mol. The molecule has 0 radical (unpaired) electrons. The first-order chi connectivity index (χ1) is 10.3. The average Bonchev–Trinajstić information content (AvgIpc) is 2.88. The molecule has 5 nitrogen and oxygen atoms in total. The highest BCUT2D eigenvalue weighted by atomic mass is 16.1. The van der Waals surface area contributed by atoms with Gasteiger partial charge in [-0.2, -0.15) is 0 Å². The van der Waals surface area contributed by atoms with Crippen LogP contribution in [0.1, 0.15) is 36.3 Å². The summed E-state index contributed by atoms with van der Waals surface area (Å²) in [6, 6.07) is 9.75. The number of hydrogen-bond acceptors (Lipinski definition) is 3. The van der Waals surface area contributed by atoms with Crippen LogP contribution in [0.4, 0.5) is 5.82 Å². The van der Waals surface area contributed by atoms with E-state index in [9.17, 15) is 9.59 Å². The Morgan fingerprint density at radius 1 is 1.00 bits per heavy atom.